The number of alkyl halides is 3. The topological polar surface area (TPSA) is 63.5 Å². The van der Waals surface area contributed by atoms with Gasteiger partial charge in [0.15, 0.2) is 5.96 Å². The lowest BCUT2D eigenvalue weighted by atomic mass is 10.1. The molecule has 0 aliphatic rings. The minimum Gasteiger partial charge on any atom is -0.380 e. The van der Waals surface area contributed by atoms with Gasteiger partial charge < -0.3 is 15.4 Å². The van der Waals surface area contributed by atoms with Crippen molar-refractivity contribution in [3.8, 4) is 5.69 Å². The smallest absolute Gasteiger partial charge is 0.380 e. The highest BCUT2D eigenvalue weighted by atomic mass is 19.4. The highest BCUT2D eigenvalue weighted by Gasteiger charge is 2.33. The van der Waals surface area contributed by atoms with Gasteiger partial charge in [-0.3, -0.25) is 0 Å². The molecule has 6 nitrogen and oxygen atoms in total. The molecule has 160 valence electrons. The van der Waals surface area contributed by atoms with Crippen molar-refractivity contribution in [2.24, 2.45) is 4.99 Å². The SMILES string of the molecule is CCNC(=NCc1ccc(-n2nc(C)cc2C)cc1C(F)(F)F)NCCOCC. The monoisotopic (exact) mass is 411 g/mol. The maximum absolute atomic E-state index is 13.7. The molecule has 0 radical (unpaired) electrons. The number of hydrogen-bond donors (Lipinski definition) is 2. The third-order valence-electron chi connectivity index (χ3n) is 4.15. The summed E-state index contributed by atoms with van der Waals surface area (Å²) in [6, 6.07) is 6.04. The van der Waals surface area contributed by atoms with Gasteiger partial charge in [0, 0.05) is 25.4 Å². The van der Waals surface area contributed by atoms with Crippen molar-refractivity contribution in [2.75, 3.05) is 26.3 Å². The normalized spacial score (nSPS) is 12.3. The molecule has 0 spiro atoms. The van der Waals surface area contributed by atoms with Crippen LogP contribution in [0.2, 0.25) is 0 Å². The van der Waals surface area contributed by atoms with Crippen LogP contribution in [0.3, 0.4) is 0 Å². The second-order valence-electron chi connectivity index (χ2n) is 6.50. The highest BCUT2D eigenvalue weighted by Crippen LogP contribution is 2.34. The molecule has 0 fully saturated rings. The number of nitrogens with one attached hydrogen (secondary N) is 2. The molecular weight excluding hydrogens is 383 g/mol. The van der Waals surface area contributed by atoms with Crippen LogP contribution in [0.1, 0.15) is 36.4 Å². The van der Waals surface area contributed by atoms with Crippen LogP contribution in [0.5, 0.6) is 0 Å². The van der Waals surface area contributed by atoms with Gasteiger partial charge in [-0.1, -0.05) is 6.07 Å². The number of rotatable bonds is 8. The van der Waals surface area contributed by atoms with E-state index in [4.69, 9.17) is 4.74 Å². The van der Waals surface area contributed by atoms with Crippen molar-refractivity contribution in [2.45, 2.75) is 40.4 Å². The van der Waals surface area contributed by atoms with Gasteiger partial charge in [0.2, 0.25) is 0 Å². The van der Waals surface area contributed by atoms with E-state index in [0.29, 0.717) is 38.0 Å². The van der Waals surface area contributed by atoms with Crippen LogP contribution in [0.4, 0.5) is 13.2 Å². The third-order valence-corrected chi connectivity index (χ3v) is 4.15. The second kappa shape index (κ2) is 10.3. The molecule has 0 saturated heterocycles. The van der Waals surface area contributed by atoms with E-state index in [0.717, 1.165) is 17.5 Å². The first-order valence-electron chi connectivity index (χ1n) is 9.60. The number of nitrogens with zero attached hydrogens (tertiary/aromatic N) is 3. The standard InChI is InChI=1S/C20H28F3N5O/c1-5-24-19(25-9-10-29-6-2)26-13-16-7-8-17(12-18(16)20(21,22)23)28-15(4)11-14(3)27-28/h7-8,11-12H,5-6,9-10,13H2,1-4H3,(H2,24,25,26). The van der Waals surface area contributed by atoms with E-state index in [2.05, 4.69) is 20.7 Å². The summed E-state index contributed by atoms with van der Waals surface area (Å²) in [5.41, 5.74) is 1.28. The minimum absolute atomic E-state index is 0.101. The highest BCUT2D eigenvalue weighted by molar-refractivity contribution is 5.79. The quantitative estimate of drug-likeness (QED) is 0.396. The average Bonchev–Trinajstić information content (AvgIpc) is 3.00. The fraction of sp³-hybridized carbons (Fsp3) is 0.500. The molecule has 0 atom stereocenters. The summed E-state index contributed by atoms with van der Waals surface area (Å²) in [4.78, 5) is 4.30. The van der Waals surface area contributed by atoms with Crippen molar-refractivity contribution in [1.29, 1.82) is 0 Å². The summed E-state index contributed by atoms with van der Waals surface area (Å²) in [5.74, 6) is 0.447. The molecule has 2 N–H and O–H groups in total. The van der Waals surface area contributed by atoms with Gasteiger partial charge >= 0.3 is 6.18 Å². The van der Waals surface area contributed by atoms with Gasteiger partial charge in [0.05, 0.1) is 30.1 Å². The molecule has 29 heavy (non-hydrogen) atoms. The number of guanidine groups is 1. The van der Waals surface area contributed by atoms with Gasteiger partial charge in [0.25, 0.3) is 0 Å². The molecule has 1 heterocycles. The van der Waals surface area contributed by atoms with Gasteiger partial charge in [-0.05, 0) is 51.5 Å². The molecule has 0 bridgehead atoms. The predicted molar refractivity (Wildman–Crippen MR) is 107 cm³/mol. The Morgan fingerprint density at radius 3 is 2.52 bits per heavy atom. The molecule has 2 rings (SSSR count). The number of aromatic nitrogens is 2. The number of halogens is 3. The Labute approximate surface area is 169 Å². The fourth-order valence-corrected chi connectivity index (χ4v) is 2.88. The molecule has 0 amide bonds. The number of aryl methyl sites for hydroxylation is 2. The van der Waals surface area contributed by atoms with Crippen LogP contribution in [0.15, 0.2) is 29.3 Å². The van der Waals surface area contributed by atoms with Crippen LogP contribution in [0, 0.1) is 13.8 Å². The maximum Gasteiger partial charge on any atom is 0.416 e. The first kappa shape index (κ1) is 22.7. The Bertz CT molecular complexity index is 830. The minimum atomic E-state index is -4.49. The van der Waals surface area contributed by atoms with Crippen molar-refractivity contribution >= 4 is 5.96 Å². The Morgan fingerprint density at radius 1 is 1.17 bits per heavy atom. The summed E-state index contributed by atoms with van der Waals surface area (Å²) >= 11 is 0. The summed E-state index contributed by atoms with van der Waals surface area (Å²) in [6.45, 7) is 9.51. The van der Waals surface area contributed by atoms with Crippen molar-refractivity contribution in [1.82, 2.24) is 20.4 Å². The third kappa shape index (κ3) is 6.49. The van der Waals surface area contributed by atoms with Crippen LogP contribution in [-0.4, -0.2) is 42.0 Å². The Hall–Kier alpha value is -2.55. The van der Waals surface area contributed by atoms with E-state index in [1.54, 1.807) is 13.0 Å². The Morgan fingerprint density at radius 2 is 1.93 bits per heavy atom. The summed E-state index contributed by atoms with van der Waals surface area (Å²) in [6.07, 6.45) is -4.49. The molecule has 1 aromatic carbocycles. The Kier molecular flexibility index (Phi) is 8.07. The summed E-state index contributed by atoms with van der Waals surface area (Å²) in [7, 11) is 0. The van der Waals surface area contributed by atoms with E-state index in [1.807, 2.05) is 26.8 Å². The lowest BCUT2D eigenvalue weighted by molar-refractivity contribution is -0.138. The maximum atomic E-state index is 13.7. The molecule has 0 aliphatic heterocycles. The molecule has 0 aliphatic carbocycles. The molecular formula is C20H28F3N5O. The van der Waals surface area contributed by atoms with E-state index in [1.165, 1.54) is 10.7 Å². The van der Waals surface area contributed by atoms with Gasteiger partial charge in [-0.25, -0.2) is 9.67 Å². The largest absolute Gasteiger partial charge is 0.416 e. The lowest BCUT2D eigenvalue weighted by Crippen LogP contribution is -2.39. The number of hydrogen-bond acceptors (Lipinski definition) is 3. The van der Waals surface area contributed by atoms with Crippen molar-refractivity contribution < 1.29 is 17.9 Å². The number of aliphatic imine (C=N–C) groups is 1. The molecule has 0 saturated carbocycles. The summed E-state index contributed by atoms with van der Waals surface area (Å²) in [5, 5.41) is 10.3. The van der Waals surface area contributed by atoms with Crippen molar-refractivity contribution in [3.05, 3.63) is 46.8 Å². The van der Waals surface area contributed by atoms with Crippen LogP contribution in [-0.2, 0) is 17.5 Å². The van der Waals surface area contributed by atoms with Crippen LogP contribution < -0.4 is 10.6 Å². The van der Waals surface area contributed by atoms with E-state index >= 15 is 0 Å². The molecule has 2 aromatic rings. The van der Waals surface area contributed by atoms with Crippen molar-refractivity contribution in [3.63, 3.8) is 0 Å². The molecule has 9 heteroatoms. The molecule has 1 aromatic heterocycles. The van der Waals surface area contributed by atoms with Gasteiger partial charge in [-0.15, -0.1) is 0 Å². The average molecular weight is 411 g/mol. The van der Waals surface area contributed by atoms with E-state index < -0.39 is 11.7 Å². The van der Waals surface area contributed by atoms with Crippen LogP contribution in [0.25, 0.3) is 5.69 Å². The predicted octanol–water partition coefficient (Wildman–Crippen LogP) is 3.60. The number of benzene rings is 1. The zero-order valence-electron chi connectivity index (χ0n) is 17.2. The number of ether oxygens (including phenoxy) is 1. The zero-order valence-corrected chi connectivity index (χ0v) is 17.2. The van der Waals surface area contributed by atoms with Crippen LogP contribution >= 0.6 is 0 Å². The van der Waals surface area contributed by atoms with Gasteiger partial charge in [0.1, 0.15) is 0 Å². The zero-order chi connectivity index (χ0) is 21.4. The Balaban J connectivity index is 2.27. The fourth-order valence-electron chi connectivity index (χ4n) is 2.88. The van der Waals surface area contributed by atoms with E-state index in [-0.39, 0.29) is 12.1 Å². The first-order chi connectivity index (χ1) is 13.8. The summed E-state index contributed by atoms with van der Waals surface area (Å²) < 4.78 is 47.8. The van der Waals surface area contributed by atoms with E-state index in [9.17, 15) is 13.2 Å². The lowest BCUT2D eigenvalue weighted by Gasteiger charge is -2.15. The first-order valence-corrected chi connectivity index (χ1v) is 9.60. The molecule has 0 unspecified atom stereocenters. The second-order valence-corrected chi connectivity index (χ2v) is 6.50. The van der Waals surface area contributed by atoms with Gasteiger partial charge in [-0.2, -0.15) is 18.3 Å².